The van der Waals surface area contributed by atoms with Crippen LogP contribution in [0.4, 0.5) is 13.2 Å². The Kier molecular flexibility index (Phi) is 7.68. The quantitative estimate of drug-likeness (QED) is 0.347. The number of halogens is 3. The summed E-state index contributed by atoms with van der Waals surface area (Å²) < 4.78 is 44.4. The molecule has 0 radical (unpaired) electrons. The highest BCUT2D eigenvalue weighted by atomic mass is 19.4. The van der Waals surface area contributed by atoms with Crippen LogP contribution in [0.2, 0.25) is 0 Å². The van der Waals surface area contributed by atoms with E-state index in [1.165, 1.54) is 32.2 Å². The van der Waals surface area contributed by atoms with Crippen LogP contribution in [0.3, 0.4) is 0 Å². The molecule has 1 atom stereocenters. The van der Waals surface area contributed by atoms with E-state index in [4.69, 9.17) is 4.74 Å². The van der Waals surface area contributed by atoms with Crippen LogP contribution in [0.1, 0.15) is 72.3 Å². The van der Waals surface area contributed by atoms with Crippen molar-refractivity contribution < 1.29 is 32.6 Å². The largest absolute Gasteiger partial charge is 0.478 e. The lowest BCUT2D eigenvalue weighted by Gasteiger charge is -2.23. The molecule has 4 rings (SSSR count). The standard InChI is InChI=1S/C29H30F3N3O4/c1-16-13-18(5-12-23(16)39-28(3,4)27(37)38)14-17(2)34-26(36)22-15-33-25(35-24(22)19-6-7-19)20-8-10-21(11-9-20)29(30,31)32/h5,8-13,15,17,19H,6-7,14H2,1-4H3,(H,34,36)(H,37,38). The van der Waals surface area contributed by atoms with Crippen molar-refractivity contribution >= 4 is 11.9 Å². The number of amides is 1. The van der Waals surface area contributed by atoms with Gasteiger partial charge in [0.25, 0.3) is 5.91 Å². The topological polar surface area (TPSA) is 101 Å². The van der Waals surface area contributed by atoms with Gasteiger partial charge in [0, 0.05) is 23.7 Å². The second-order valence-electron chi connectivity index (χ2n) is 10.4. The molecule has 206 valence electrons. The molecule has 1 aliphatic carbocycles. The van der Waals surface area contributed by atoms with Gasteiger partial charge in [0.15, 0.2) is 11.4 Å². The number of nitrogens with one attached hydrogen (secondary N) is 1. The molecule has 2 N–H and O–H groups in total. The number of rotatable bonds is 9. The Morgan fingerprint density at radius 1 is 1.13 bits per heavy atom. The maximum absolute atomic E-state index is 13.2. The van der Waals surface area contributed by atoms with Gasteiger partial charge in [-0.15, -0.1) is 0 Å². The van der Waals surface area contributed by atoms with E-state index in [1.54, 1.807) is 6.07 Å². The van der Waals surface area contributed by atoms with Gasteiger partial charge in [0.05, 0.1) is 16.8 Å². The number of carbonyl (C=O) groups excluding carboxylic acids is 1. The van der Waals surface area contributed by atoms with E-state index in [1.807, 2.05) is 26.0 Å². The first-order valence-corrected chi connectivity index (χ1v) is 12.6. The van der Waals surface area contributed by atoms with E-state index in [0.717, 1.165) is 36.1 Å². The van der Waals surface area contributed by atoms with Crippen molar-refractivity contribution in [1.29, 1.82) is 0 Å². The predicted molar refractivity (Wildman–Crippen MR) is 139 cm³/mol. The molecule has 7 nitrogen and oxygen atoms in total. The number of hydrogen-bond donors (Lipinski definition) is 2. The summed E-state index contributed by atoms with van der Waals surface area (Å²) in [6.45, 7) is 6.67. The van der Waals surface area contributed by atoms with Crippen molar-refractivity contribution in [3.8, 4) is 17.1 Å². The van der Waals surface area contributed by atoms with Gasteiger partial charge in [-0.1, -0.05) is 24.3 Å². The lowest BCUT2D eigenvalue weighted by atomic mass is 10.0. The smallest absolute Gasteiger partial charge is 0.416 e. The van der Waals surface area contributed by atoms with Gasteiger partial charge < -0.3 is 15.2 Å². The second kappa shape index (κ2) is 10.7. The predicted octanol–water partition coefficient (Wildman–Crippen LogP) is 5.95. The van der Waals surface area contributed by atoms with Gasteiger partial charge in [-0.3, -0.25) is 4.79 Å². The molecule has 1 unspecified atom stereocenters. The van der Waals surface area contributed by atoms with Gasteiger partial charge in [0.2, 0.25) is 0 Å². The third-order valence-electron chi connectivity index (χ3n) is 6.54. The highest BCUT2D eigenvalue weighted by Crippen LogP contribution is 2.41. The highest BCUT2D eigenvalue weighted by molar-refractivity contribution is 5.95. The van der Waals surface area contributed by atoms with E-state index in [2.05, 4.69) is 15.3 Å². The first-order valence-electron chi connectivity index (χ1n) is 12.6. The van der Waals surface area contributed by atoms with Crippen molar-refractivity contribution in [2.24, 2.45) is 0 Å². The summed E-state index contributed by atoms with van der Waals surface area (Å²) in [6.07, 6.45) is -0.699. The monoisotopic (exact) mass is 541 g/mol. The Balaban J connectivity index is 1.45. The zero-order valence-corrected chi connectivity index (χ0v) is 22.1. The molecule has 10 heteroatoms. The average Bonchev–Trinajstić information content (AvgIpc) is 3.70. The molecule has 0 bridgehead atoms. The number of carboxylic acid groups (broad SMARTS) is 1. The molecule has 3 aromatic rings. The summed E-state index contributed by atoms with van der Waals surface area (Å²) in [5, 5.41) is 12.3. The maximum Gasteiger partial charge on any atom is 0.416 e. The van der Waals surface area contributed by atoms with Crippen molar-refractivity contribution in [2.45, 2.75) is 70.7 Å². The fourth-order valence-electron chi connectivity index (χ4n) is 4.16. The van der Waals surface area contributed by atoms with Crippen LogP contribution in [0.5, 0.6) is 5.75 Å². The van der Waals surface area contributed by atoms with Crippen LogP contribution in [0, 0.1) is 6.92 Å². The molecule has 1 heterocycles. The summed E-state index contributed by atoms with van der Waals surface area (Å²) >= 11 is 0. The van der Waals surface area contributed by atoms with Crippen molar-refractivity contribution in [3.63, 3.8) is 0 Å². The summed E-state index contributed by atoms with van der Waals surface area (Å²) in [5.41, 5.74) is 1.01. The SMILES string of the molecule is Cc1cc(CC(C)NC(=O)c2cnc(-c3ccc(C(F)(F)F)cc3)nc2C2CC2)ccc1OC(C)(C)C(=O)O. The number of carbonyl (C=O) groups is 2. The number of aliphatic carboxylic acids is 1. The highest BCUT2D eigenvalue weighted by Gasteiger charge is 2.33. The van der Waals surface area contributed by atoms with E-state index in [-0.39, 0.29) is 23.7 Å². The molecule has 1 saturated carbocycles. The molecular weight excluding hydrogens is 511 g/mol. The van der Waals surface area contributed by atoms with Gasteiger partial charge in [-0.2, -0.15) is 13.2 Å². The zero-order valence-electron chi connectivity index (χ0n) is 22.1. The minimum Gasteiger partial charge on any atom is -0.478 e. The summed E-state index contributed by atoms with van der Waals surface area (Å²) in [5.74, 6) is -0.517. The average molecular weight is 542 g/mol. The lowest BCUT2D eigenvalue weighted by Crippen LogP contribution is -2.38. The van der Waals surface area contributed by atoms with Crippen LogP contribution in [0.25, 0.3) is 11.4 Å². The second-order valence-corrected chi connectivity index (χ2v) is 10.4. The fraction of sp³-hybridized carbons (Fsp3) is 0.379. The molecule has 1 aliphatic rings. The van der Waals surface area contributed by atoms with Crippen molar-refractivity contribution in [1.82, 2.24) is 15.3 Å². The number of hydrogen-bond acceptors (Lipinski definition) is 5. The fourth-order valence-corrected chi connectivity index (χ4v) is 4.16. The summed E-state index contributed by atoms with van der Waals surface area (Å²) in [7, 11) is 0. The van der Waals surface area contributed by atoms with Crippen LogP contribution < -0.4 is 10.1 Å². The van der Waals surface area contributed by atoms with Crippen LogP contribution >= 0.6 is 0 Å². The molecular formula is C29H30F3N3O4. The van der Waals surface area contributed by atoms with Crippen LogP contribution in [-0.2, 0) is 17.4 Å². The van der Waals surface area contributed by atoms with Gasteiger partial charge >= 0.3 is 12.1 Å². The molecule has 1 fully saturated rings. The first kappa shape index (κ1) is 28.1. The molecule has 0 saturated heterocycles. The summed E-state index contributed by atoms with van der Waals surface area (Å²) in [4.78, 5) is 33.4. The Bertz CT molecular complexity index is 1380. The normalized spacial score (nSPS) is 14.5. The van der Waals surface area contributed by atoms with E-state index in [0.29, 0.717) is 29.0 Å². The minimum absolute atomic E-state index is 0.113. The van der Waals surface area contributed by atoms with Crippen LogP contribution in [0.15, 0.2) is 48.7 Å². The zero-order chi connectivity index (χ0) is 28.5. The summed E-state index contributed by atoms with van der Waals surface area (Å²) in [6, 6.07) is 9.86. The number of ether oxygens (including phenoxy) is 1. The van der Waals surface area contributed by atoms with E-state index in [9.17, 15) is 27.9 Å². The molecule has 39 heavy (non-hydrogen) atoms. The Hall–Kier alpha value is -3.95. The Morgan fingerprint density at radius 3 is 2.36 bits per heavy atom. The van der Waals surface area contributed by atoms with E-state index >= 15 is 0 Å². The number of nitrogens with zero attached hydrogens (tertiary/aromatic N) is 2. The molecule has 0 aliphatic heterocycles. The Morgan fingerprint density at radius 2 is 1.79 bits per heavy atom. The van der Waals surface area contributed by atoms with Crippen LogP contribution in [-0.4, -0.2) is 38.6 Å². The lowest BCUT2D eigenvalue weighted by molar-refractivity contribution is -0.152. The van der Waals surface area contributed by atoms with Crippen molar-refractivity contribution in [2.75, 3.05) is 0 Å². The molecule has 0 spiro atoms. The number of carboxylic acids is 1. The number of aryl methyl sites for hydroxylation is 1. The Labute approximate surface area is 224 Å². The number of alkyl halides is 3. The third-order valence-corrected chi connectivity index (χ3v) is 6.54. The molecule has 2 aromatic carbocycles. The number of benzene rings is 2. The van der Waals surface area contributed by atoms with Gasteiger partial charge in [-0.25, -0.2) is 14.8 Å². The molecule has 1 aromatic heterocycles. The maximum atomic E-state index is 13.2. The van der Waals surface area contributed by atoms with Gasteiger partial charge in [-0.05, 0) is 76.3 Å². The van der Waals surface area contributed by atoms with Gasteiger partial charge in [0.1, 0.15) is 5.75 Å². The minimum atomic E-state index is -4.43. The molecule has 1 amide bonds. The van der Waals surface area contributed by atoms with Crippen molar-refractivity contribution in [3.05, 3.63) is 76.6 Å². The number of aromatic nitrogens is 2. The van der Waals surface area contributed by atoms with E-state index < -0.39 is 23.3 Å². The third kappa shape index (κ3) is 6.74. The first-order chi connectivity index (χ1) is 18.2.